The number of ketones is 2. The van der Waals surface area contributed by atoms with Crippen LogP contribution in [0.3, 0.4) is 0 Å². The number of rotatable bonds is 8. The minimum absolute atomic E-state index is 0.107. The van der Waals surface area contributed by atoms with Crippen LogP contribution in [0.4, 0.5) is 0 Å². The first-order valence-corrected chi connectivity index (χ1v) is 9.97. The van der Waals surface area contributed by atoms with Crippen molar-refractivity contribution in [1.82, 2.24) is 0 Å². The molecule has 0 amide bonds. The smallest absolute Gasteiger partial charge is 0.186 e. The summed E-state index contributed by atoms with van der Waals surface area (Å²) in [5, 5.41) is 38.3. The van der Waals surface area contributed by atoms with Gasteiger partial charge >= 0.3 is 0 Å². The normalized spacial score (nSPS) is 11.1. The molecule has 0 spiro atoms. The largest absolute Gasteiger partial charge is 0.508 e. The van der Waals surface area contributed by atoms with Crippen LogP contribution in [0.1, 0.15) is 31.8 Å². The predicted octanol–water partition coefficient (Wildman–Crippen LogP) is 4.32. The van der Waals surface area contributed by atoms with Crippen molar-refractivity contribution in [3.05, 3.63) is 82.9 Å². The molecule has 174 valence electrons. The lowest BCUT2D eigenvalue weighted by Crippen LogP contribution is -1.97. The molecule has 0 aliphatic carbocycles. The molecule has 3 rings (SSSR count). The summed E-state index contributed by atoms with van der Waals surface area (Å²) >= 11 is 0. The Kier molecular flexibility index (Phi) is 7.23. The first-order valence-electron chi connectivity index (χ1n) is 9.97. The molecule has 0 aliphatic rings. The quantitative estimate of drug-likeness (QED) is 0.287. The number of allylic oxidation sites excluding steroid dienone is 2. The molecule has 8 heteroatoms. The number of carbonyl (C=O) groups excluding carboxylic acids is 2. The van der Waals surface area contributed by atoms with E-state index < -0.39 is 11.6 Å². The van der Waals surface area contributed by atoms with Crippen molar-refractivity contribution < 1.29 is 39.5 Å². The van der Waals surface area contributed by atoms with Gasteiger partial charge in [0.2, 0.25) is 0 Å². The fraction of sp³-hybridized carbons (Fsp3) is 0.0769. The maximum Gasteiger partial charge on any atom is 0.186 e. The Hall–Kier alpha value is -4.72. The van der Waals surface area contributed by atoms with Crippen molar-refractivity contribution in [2.45, 2.75) is 0 Å². The third-order valence-corrected chi connectivity index (χ3v) is 4.78. The maximum absolute atomic E-state index is 12.4. The Balaban J connectivity index is 1.89. The number of benzene rings is 3. The number of hydrogen-bond acceptors (Lipinski definition) is 8. The highest BCUT2D eigenvalue weighted by molar-refractivity contribution is 6.08. The molecule has 0 aromatic heterocycles. The lowest BCUT2D eigenvalue weighted by atomic mass is 10.0. The Bertz CT molecular complexity index is 1160. The van der Waals surface area contributed by atoms with E-state index in [1.165, 1.54) is 62.8 Å². The Morgan fingerprint density at radius 1 is 0.588 bits per heavy atom. The maximum atomic E-state index is 12.4. The molecule has 0 heterocycles. The second kappa shape index (κ2) is 10.3. The summed E-state index contributed by atoms with van der Waals surface area (Å²) in [6.07, 6.45) is 5.52. The van der Waals surface area contributed by atoms with Gasteiger partial charge in [-0.2, -0.15) is 0 Å². The Morgan fingerprint density at radius 3 is 1.21 bits per heavy atom. The van der Waals surface area contributed by atoms with Crippen LogP contribution in [-0.2, 0) is 0 Å². The number of phenols is 4. The average molecular weight is 462 g/mol. The number of ether oxygens (including phenoxy) is 2. The van der Waals surface area contributed by atoms with Crippen LogP contribution in [0.15, 0.2) is 60.7 Å². The summed E-state index contributed by atoms with van der Waals surface area (Å²) in [4.78, 5) is 24.9. The molecule has 0 saturated heterocycles. The zero-order chi connectivity index (χ0) is 24.8. The van der Waals surface area contributed by atoms with Gasteiger partial charge in [0.05, 0.1) is 14.2 Å². The number of methoxy groups -OCH3 is 2. The fourth-order valence-electron chi connectivity index (χ4n) is 3.20. The lowest BCUT2D eigenvalue weighted by Gasteiger charge is -2.11. The number of phenolic OH excluding ortho intramolecular Hbond substituents is 4. The topological polar surface area (TPSA) is 134 Å². The molecule has 8 nitrogen and oxygen atoms in total. The van der Waals surface area contributed by atoms with Gasteiger partial charge in [0.1, 0.15) is 34.5 Å². The Labute approximate surface area is 195 Å². The van der Waals surface area contributed by atoms with E-state index >= 15 is 0 Å². The van der Waals surface area contributed by atoms with Crippen molar-refractivity contribution in [2.24, 2.45) is 0 Å². The van der Waals surface area contributed by atoms with Gasteiger partial charge in [0.15, 0.2) is 11.6 Å². The summed E-state index contributed by atoms with van der Waals surface area (Å²) < 4.78 is 10.8. The number of hydrogen-bond donors (Lipinski definition) is 4. The van der Waals surface area contributed by atoms with E-state index in [1.54, 1.807) is 12.1 Å². The van der Waals surface area contributed by atoms with Gasteiger partial charge in [-0.1, -0.05) is 0 Å². The van der Waals surface area contributed by atoms with Crippen LogP contribution in [0, 0.1) is 0 Å². The van der Waals surface area contributed by atoms with E-state index in [0.717, 1.165) is 12.1 Å². The highest BCUT2D eigenvalue weighted by Gasteiger charge is 2.11. The van der Waals surface area contributed by atoms with Crippen molar-refractivity contribution in [3.63, 3.8) is 0 Å². The summed E-state index contributed by atoms with van der Waals surface area (Å²) in [6, 6.07) is 10.4. The van der Waals surface area contributed by atoms with Crippen molar-refractivity contribution >= 4 is 23.7 Å². The monoisotopic (exact) mass is 462 g/mol. The van der Waals surface area contributed by atoms with Crippen molar-refractivity contribution in [1.29, 1.82) is 0 Å². The van der Waals surface area contributed by atoms with Gasteiger partial charge in [-0.05, 0) is 60.7 Å². The van der Waals surface area contributed by atoms with Crippen LogP contribution < -0.4 is 9.47 Å². The molecule has 0 saturated carbocycles. The molecule has 3 aromatic rings. The van der Waals surface area contributed by atoms with Gasteiger partial charge in [-0.3, -0.25) is 9.59 Å². The van der Waals surface area contributed by atoms with Crippen LogP contribution in [0.25, 0.3) is 12.2 Å². The fourth-order valence-corrected chi connectivity index (χ4v) is 3.20. The SMILES string of the molecule is COc1cc(/C=C/C(=O)c2cc(O)cc(O)c2)c(OC)cc1/C=C/C(=O)c1cc(O)cc(O)c1. The van der Waals surface area contributed by atoms with E-state index in [9.17, 15) is 30.0 Å². The second-order valence-electron chi connectivity index (χ2n) is 7.21. The first kappa shape index (κ1) is 23.9. The molecule has 0 bridgehead atoms. The molecule has 0 fully saturated rings. The van der Waals surface area contributed by atoms with E-state index in [2.05, 4.69) is 0 Å². The minimum Gasteiger partial charge on any atom is -0.508 e. The highest BCUT2D eigenvalue weighted by atomic mass is 16.5. The van der Waals surface area contributed by atoms with Gasteiger partial charge in [0, 0.05) is 34.4 Å². The zero-order valence-corrected chi connectivity index (χ0v) is 18.4. The van der Waals surface area contributed by atoms with Gasteiger partial charge in [0.25, 0.3) is 0 Å². The molecule has 4 N–H and O–H groups in total. The summed E-state index contributed by atoms with van der Waals surface area (Å²) in [6.45, 7) is 0. The third kappa shape index (κ3) is 5.74. The summed E-state index contributed by atoms with van der Waals surface area (Å²) in [7, 11) is 2.89. The first-order chi connectivity index (χ1) is 16.2. The van der Waals surface area contributed by atoms with E-state index in [-0.39, 0.29) is 34.1 Å². The molecule has 0 atom stereocenters. The van der Waals surface area contributed by atoms with E-state index in [0.29, 0.717) is 22.6 Å². The van der Waals surface area contributed by atoms with Crippen LogP contribution in [0.2, 0.25) is 0 Å². The number of aromatic hydroxyl groups is 4. The molecule has 3 aromatic carbocycles. The standard InChI is InChI=1S/C26H22O8/c1-33-25-11-16(4-6-24(32)18-9-21(29)14-22(30)10-18)26(34-2)12-15(25)3-5-23(31)17-7-19(27)13-20(28)8-17/h3-14,27-30H,1-2H3/b5-3+,6-4+. The molecule has 0 unspecified atom stereocenters. The van der Waals surface area contributed by atoms with E-state index in [1.807, 2.05) is 0 Å². The third-order valence-electron chi connectivity index (χ3n) is 4.78. The van der Waals surface area contributed by atoms with E-state index in [4.69, 9.17) is 9.47 Å². The van der Waals surface area contributed by atoms with Crippen LogP contribution in [0.5, 0.6) is 34.5 Å². The molecule has 34 heavy (non-hydrogen) atoms. The van der Waals surface area contributed by atoms with Crippen molar-refractivity contribution in [2.75, 3.05) is 14.2 Å². The molecular weight excluding hydrogens is 440 g/mol. The predicted molar refractivity (Wildman–Crippen MR) is 126 cm³/mol. The molecular formula is C26H22O8. The van der Waals surface area contributed by atoms with Crippen LogP contribution in [-0.4, -0.2) is 46.2 Å². The summed E-state index contributed by atoms with van der Waals surface area (Å²) in [5.41, 5.74) is 1.24. The van der Waals surface area contributed by atoms with Crippen LogP contribution >= 0.6 is 0 Å². The zero-order valence-electron chi connectivity index (χ0n) is 18.4. The average Bonchev–Trinajstić information content (AvgIpc) is 2.79. The molecule has 0 aliphatic heterocycles. The lowest BCUT2D eigenvalue weighted by molar-refractivity contribution is 0.103. The van der Waals surface area contributed by atoms with Crippen molar-refractivity contribution in [3.8, 4) is 34.5 Å². The van der Waals surface area contributed by atoms with Gasteiger partial charge in [-0.25, -0.2) is 0 Å². The highest BCUT2D eigenvalue weighted by Crippen LogP contribution is 2.31. The second-order valence-corrected chi connectivity index (χ2v) is 7.21. The van der Waals surface area contributed by atoms with Gasteiger partial charge < -0.3 is 29.9 Å². The summed E-state index contributed by atoms with van der Waals surface area (Å²) in [5.74, 6) is -1.04. The number of carbonyl (C=O) groups is 2. The molecule has 0 radical (unpaired) electrons. The minimum atomic E-state index is -0.448. The van der Waals surface area contributed by atoms with Gasteiger partial charge in [-0.15, -0.1) is 0 Å². The Morgan fingerprint density at radius 2 is 0.912 bits per heavy atom.